The van der Waals surface area contributed by atoms with Crippen LogP contribution in [0, 0.1) is 7.14 Å². The maximum Gasteiger partial charge on any atom is 0.342 e. The molecule has 20 heavy (non-hydrogen) atoms. The fourth-order valence-electron chi connectivity index (χ4n) is 2.25. The molecular weight excluding hydrogens is 484 g/mol. The molecule has 110 valence electrons. The van der Waals surface area contributed by atoms with Crippen LogP contribution in [-0.4, -0.2) is 42.2 Å². The number of carbonyl (C=O) groups is 1. The van der Waals surface area contributed by atoms with Gasteiger partial charge < -0.3 is 9.84 Å². The summed E-state index contributed by atoms with van der Waals surface area (Å²) in [7, 11) is 0. The Bertz CT molecular complexity index is 488. The lowest BCUT2D eigenvalue weighted by Crippen LogP contribution is -2.33. The van der Waals surface area contributed by atoms with Crippen molar-refractivity contribution < 1.29 is 14.6 Å². The van der Waals surface area contributed by atoms with Crippen molar-refractivity contribution in [1.29, 1.82) is 0 Å². The number of halogens is 2. The average molecular weight is 501 g/mol. The highest BCUT2D eigenvalue weighted by Gasteiger charge is 2.17. The van der Waals surface area contributed by atoms with Crippen LogP contribution in [0.15, 0.2) is 12.1 Å². The van der Waals surface area contributed by atoms with Crippen LogP contribution in [0.4, 0.5) is 0 Å². The summed E-state index contributed by atoms with van der Waals surface area (Å²) in [6.45, 7) is 3.32. The zero-order chi connectivity index (χ0) is 14.5. The number of benzene rings is 1. The number of carbonyl (C=O) groups excluding carboxylic acids is 1. The lowest BCUT2D eigenvalue weighted by molar-refractivity contribution is 0.0448. The van der Waals surface area contributed by atoms with Crippen LogP contribution in [0.1, 0.15) is 29.6 Å². The second-order valence-electron chi connectivity index (χ2n) is 4.82. The monoisotopic (exact) mass is 501 g/mol. The molecule has 0 saturated carbocycles. The van der Waals surface area contributed by atoms with E-state index in [1.165, 1.54) is 19.3 Å². The summed E-state index contributed by atoms with van der Waals surface area (Å²) in [6.07, 6.45) is 3.75. The summed E-state index contributed by atoms with van der Waals surface area (Å²) in [5, 5.41) is 9.92. The molecule has 1 aromatic carbocycles. The number of ether oxygens (including phenoxy) is 1. The third kappa shape index (κ3) is 4.45. The Morgan fingerprint density at radius 1 is 1.25 bits per heavy atom. The number of esters is 1. The number of rotatable bonds is 4. The molecule has 0 aliphatic carbocycles. The first-order valence-corrected chi connectivity index (χ1v) is 8.81. The van der Waals surface area contributed by atoms with Gasteiger partial charge in [-0.2, -0.15) is 0 Å². The molecule has 0 atom stereocenters. The van der Waals surface area contributed by atoms with E-state index in [9.17, 15) is 9.90 Å². The van der Waals surface area contributed by atoms with Crippen molar-refractivity contribution in [3.63, 3.8) is 0 Å². The quantitative estimate of drug-likeness (QED) is 0.509. The summed E-state index contributed by atoms with van der Waals surface area (Å²) in [6, 6.07) is 3.47. The summed E-state index contributed by atoms with van der Waals surface area (Å²) >= 11 is 4.13. The number of likely N-dealkylation sites (tertiary alicyclic amines) is 1. The van der Waals surface area contributed by atoms with Crippen LogP contribution in [-0.2, 0) is 4.74 Å². The molecule has 0 spiro atoms. The van der Waals surface area contributed by atoms with E-state index < -0.39 is 5.97 Å². The SMILES string of the molecule is O=C(OCCN1CCCCC1)c1cc(I)cc(I)c1O. The molecule has 1 aromatic rings. The molecule has 4 nitrogen and oxygen atoms in total. The Balaban J connectivity index is 1.88. The molecule has 0 aromatic heterocycles. The van der Waals surface area contributed by atoms with Crippen LogP contribution in [0.3, 0.4) is 0 Å². The number of aromatic hydroxyl groups is 1. The van der Waals surface area contributed by atoms with Gasteiger partial charge in [0.1, 0.15) is 17.9 Å². The van der Waals surface area contributed by atoms with Crippen molar-refractivity contribution in [2.75, 3.05) is 26.2 Å². The van der Waals surface area contributed by atoms with Gasteiger partial charge in [-0.1, -0.05) is 6.42 Å². The first-order valence-electron chi connectivity index (χ1n) is 6.65. The Kier molecular flexibility index (Phi) is 6.34. The van der Waals surface area contributed by atoms with Gasteiger partial charge in [-0.3, -0.25) is 4.90 Å². The summed E-state index contributed by atoms with van der Waals surface area (Å²) in [4.78, 5) is 14.3. The molecule has 2 rings (SSSR count). The van der Waals surface area contributed by atoms with Crippen LogP contribution in [0.25, 0.3) is 0 Å². The molecule has 0 amide bonds. The average Bonchev–Trinajstić information content (AvgIpc) is 2.44. The zero-order valence-electron chi connectivity index (χ0n) is 11.1. The summed E-state index contributed by atoms with van der Waals surface area (Å²) in [5.41, 5.74) is 0.250. The van der Waals surface area contributed by atoms with Crippen molar-refractivity contribution >= 4 is 51.2 Å². The Labute approximate surface area is 146 Å². The molecule has 1 heterocycles. The van der Waals surface area contributed by atoms with Crippen LogP contribution >= 0.6 is 45.2 Å². The fraction of sp³-hybridized carbons (Fsp3) is 0.500. The Morgan fingerprint density at radius 2 is 1.95 bits per heavy atom. The lowest BCUT2D eigenvalue weighted by Gasteiger charge is -2.25. The van der Waals surface area contributed by atoms with Gasteiger partial charge in [-0.05, 0) is 83.2 Å². The zero-order valence-corrected chi connectivity index (χ0v) is 15.4. The predicted molar refractivity (Wildman–Crippen MR) is 94.1 cm³/mol. The smallest absolute Gasteiger partial charge is 0.342 e. The van der Waals surface area contributed by atoms with E-state index in [0.717, 1.165) is 23.2 Å². The molecule has 1 fully saturated rings. The van der Waals surface area contributed by atoms with Gasteiger partial charge in [-0.15, -0.1) is 0 Å². The number of piperidine rings is 1. The van der Waals surface area contributed by atoms with Crippen molar-refractivity contribution in [3.8, 4) is 5.75 Å². The molecular formula is C14H17I2NO3. The fourth-order valence-corrected chi connectivity index (χ4v) is 4.09. The molecule has 0 radical (unpaired) electrons. The van der Waals surface area contributed by atoms with Gasteiger partial charge in [0.2, 0.25) is 0 Å². The maximum atomic E-state index is 12.0. The topological polar surface area (TPSA) is 49.8 Å². The van der Waals surface area contributed by atoms with Crippen molar-refractivity contribution in [1.82, 2.24) is 4.90 Å². The highest BCUT2D eigenvalue weighted by molar-refractivity contribution is 14.1. The first kappa shape index (κ1) is 16.3. The van der Waals surface area contributed by atoms with Gasteiger partial charge in [0.25, 0.3) is 0 Å². The van der Waals surface area contributed by atoms with Crippen molar-refractivity contribution in [3.05, 3.63) is 24.8 Å². The summed E-state index contributed by atoms with van der Waals surface area (Å²) in [5.74, 6) is -0.440. The molecule has 0 bridgehead atoms. The second kappa shape index (κ2) is 7.79. The number of hydrogen-bond acceptors (Lipinski definition) is 4. The number of phenols is 1. The third-order valence-corrected chi connectivity index (χ3v) is 4.78. The Hall–Kier alpha value is -0.0900. The second-order valence-corrected chi connectivity index (χ2v) is 7.23. The van der Waals surface area contributed by atoms with Gasteiger partial charge in [-0.25, -0.2) is 4.79 Å². The molecule has 6 heteroatoms. The van der Waals surface area contributed by atoms with Gasteiger partial charge >= 0.3 is 5.97 Å². The van der Waals surface area contributed by atoms with E-state index in [0.29, 0.717) is 10.2 Å². The Morgan fingerprint density at radius 3 is 2.65 bits per heavy atom. The highest BCUT2D eigenvalue weighted by Crippen LogP contribution is 2.27. The molecule has 0 unspecified atom stereocenters. The minimum absolute atomic E-state index is 0.00832. The predicted octanol–water partition coefficient (Wildman–Crippen LogP) is 3.24. The van der Waals surface area contributed by atoms with Crippen molar-refractivity contribution in [2.45, 2.75) is 19.3 Å². The molecule has 1 N–H and O–H groups in total. The molecule has 1 saturated heterocycles. The van der Waals surface area contributed by atoms with Crippen LogP contribution < -0.4 is 0 Å². The highest BCUT2D eigenvalue weighted by atomic mass is 127. The van der Waals surface area contributed by atoms with E-state index in [4.69, 9.17) is 4.74 Å². The van der Waals surface area contributed by atoms with Crippen LogP contribution in [0.5, 0.6) is 5.75 Å². The minimum atomic E-state index is -0.448. The molecule has 1 aliphatic rings. The maximum absolute atomic E-state index is 12.0. The molecule has 1 aliphatic heterocycles. The lowest BCUT2D eigenvalue weighted by atomic mass is 10.1. The van der Waals surface area contributed by atoms with E-state index in [1.54, 1.807) is 6.07 Å². The number of hydrogen-bond donors (Lipinski definition) is 1. The van der Waals surface area contributed by atoms with E-state index >= 15 is 0 Å². The van der Waals surface area contributed by atoms with E-state index in [-0.39, 0.29) is 11.3 Å². The number of nitrogens with zero attached hydrogens (tertiary/aromatic N) is 1. The van der Waals surface area contributed by atoms with Gasteiger partial charge in [0.15, 0.2) is 0 Å². The summed E-state index contributed by atoms with van der Waals surface area (Å²) < 4.78 is 6.85. The normalized spacial score (nSPS) is 16.1. The van der Waals surface area contributed by atoms with E-state index in [1.807, 2.05) is 28.7 Å². The van der Waals surface area contributed by atoms with Gasteiger partial charge in [0, 0.05) is 10.1 Å². The number of phenolic OH excluding ortho intramolecular Hbond substituents is 1. The standard InChI is InChI=1S/C14H17I2NO3/c15-10-8-11(13(18)12(16)9-10)14(19)20-7-6-17-4-2-1-3-5-17/h8-9,18H,1-7H2. The third-order valence-electron chi connectivity index (χ3n) is 3.34. The van der Waals surface area contributed by atoms with Gasteiger partial charge in [0.05, 0.1) is 3.57 Å². The largest absolute Gasteiger partial charge is 0.506 e. The first-order chi connectivity index (χ1) is 9.58. The minimum Gasteiger partial charge on any atom is -0.506 e. The van der Waals surface area contributed by atoms with Crippen LogP contribution in [0.2, 0.25) is 0 Å². The van der Waals surface area contributed by atoms with Crippen molar-refractivity contribution in [2.24, 2.45) is 0 Å². The van der Waals surface area contributed by atoms with E-state index in [2.05, 4.69) is 27.5 Å².